The highest BCUT2D eigenvalue weighted by molar-refractivity contribution is 8.13. The van der Waals surface area contributed by atoms with Gasteiger partial charge in [0.05, 0.1) is 30.2 Å². The highest BCUT2D eigenvalue weighted by atomic mass is 32.2. The van der Waals surface area contributed by atoms with Gasteiger partial charge in [0.25, 0.3) is 0 Å². The summed E-state index contributed by atoms with van der Waals surface area (Å²) in [6.07, 6.45) is 4.69. The number of rotatable bonds is 4. The Kier molecular flexibility index (Phi) is 5.90. The zero-order chi connectivity index (χ0) is 24.6. The van der Waals surface area contributed by atoms with Crippen LogP contribution in [0.3, 0.4) is 0 Å². The van der Waals surface area contributed by atoms with E-state index in [9.17, 15) is 8.78 Å². The van der Waals surface area contributed by atoms with Crippen LogP contribution in [0.15, 0.2) is 53.9 Å². The maximum atomic E-state index is 15.3. The molecule has 2 aliphatic rings. The van der Waals surface area contributed by atoms with E-state index in [0.29, 0.717) is 34.5 Å². The average Bonchev–Trinajstić information content (AvgIpc) is 3.25. The van der Waals surface area contributed by atoms with Crippen molar-refractivity contribution in [3.63, 3.8) is 0 Å². The van der Waals surface area contributed by atoms with E-state index in [1.807, 2.05) is 11.0 Å². The van der Waals surface area contributed by atoms with Crippen molar-refractivity contribution in [2.75, 3.05) is 23.7 Å². The molecule has 0 spiro atoms. The quantitative estimate of drug-likeness (QED) is 0.588. The molecule has 1 aromatic carbocycles. The third-order valence-corrected chi connectivity index (χ3v) is 7.02. The molecule has 2 atom stereocenters. The number of halogens is 3. The van der Waals surface area contributed by atoms with Gasteiger partial charge in [-0.3, -0.25) is 4.98 Å². The first-order valence-corrected chi connectivity index (χ1v) is 11.6. The highest BCUT2D eigenvalue weighted by Crippen LogP contribution is 2.47. The van der Waals surface area contributed by atoms with Crippen LogP contribution in [0.5, 0.6) is 0 Å². The lowest BCUT2D eigenvalue weighted by molar-refractivity contribution is 0.370. The average molecular weight is 494 g/mol. The first kappa shape index (κ1) is 22.9. The number of hydrogen-bond donors (Lipinski definition) is 1. The SMILES string of the molecule is N#Cc1ccc(/C(F)=C/c2ccc(F)c([C@@]34CN(c5ncc(F)cn5)C[C@@H]3CSC(N)=N4)c2)nc1. The lowest BCUT2D eigenvalue weighted by Gasteiger charge is -2.35. The topological polar surface area (TPSA) is 104 Å². The largest absolute Gasteiger partial charge is 0.379 e. The van der Waals surface area contributed by atoms with Gasteiger partial charge in [-0.25, -0.2) is 28.1 Å². The van der Waals surface area contributed by atoms with Crippen molar-refractivity contribution in [1.82, 2.24) is 15.0 Å². The molecule has 2 aliphatic heterocycles. The Morgan fingerprint density at radius 1 is 1.17 bits per heavy atom. The summed E-state index contributed by atoms with van der Waals surface area (Å²) in [5.41, 5.74) is 6.11. The van der Waals surface area contributed by atoms with E-state index in [-0.39, 0.29) is 23.7 Å². The Hall–Kier alpha value is -3.91. The Bertz CT molecular complexity index is 1370. The van der Waals surface area contributed by atoms with Crippen LogP contribution in [0.4, 0.5) is 19.1 Å². The third kappa shape index (κ3) is 4.33. The van der Waals surface area contributed by atoms with E-state index in [1.54, 1.807) is 6.07 Å². The molecule has 2 aromatic heterocycles. The molecule has 5 rings (SSSR count). The molecule has 1 fully saturated rings. The molecule has 0 unspecified atom stereocenters. The minimum atomic E-state index is -1.04. The molecule has 2 N–H and O–H groups in total. The summed E-state index contributed by atoms with van der Waals surface area (Å²) in [5, 5.41) is 9.23. The molecular formula is C24H18F3N7S. The van der Waals surface area contributed by atoms with E-state index in [1.165, 1.54) is 48.3 Å². The van der Waals surface area contributed by atoms with Gasteiger partial charge >= 0.3 is 0 Å². The van der Waals surface area contributed by atoms with Gasteiger partial charge in [-0.2, -0.15) is 5.26 Å². The van der Waals surface area contributed by atoms with Crippen molar-refractivity contribution in [2.24, 2.45) is 16.6 Å². The number of aliphatic imine (C=N–C) groups is 1. The van der Waals surface area contributed by atoms with Crippen LogP contribution in [0, 0.1) is 28.9 Å². The Morgan fingerprint density at radius 2 is 1.97 bits per heavy atom. The van der Waals surface area contributed by atoms with Gasteiger partial charge < -0.3 is 10.6 Å². The van der Waals surface area contributed by atoms with Gasteiger partial charge in [-0.15, -0.1) is 0 Å². The Morgan fingerprint density at radius 3 is 2.69 bits per heavy atom. The fourth-order valence-electron chi connectivity index (χ4n) is 4.41. The number of fused-ring (bicyclic) bond motifs is 1. The number of pyridine rings is 1. The van der Waals surface area contributed by atoms with Gasteiger partial charge in [0.1, 0.15) is 23.3 Å². The molecule has 176 valence electrons. The Labute approximate surface area is 203 Å². The molecule has 3 aromatic rings. The standard InChI is InChI=1S/C24H18F3N7S/c25-17-9-31-23(32-10-17)34-11-16-12-35-22(29)33-24(16,13-34)18-5-14(1-3-19(18)26)6-20(27)21-4-2-15(7-28)8-30-21/h1-6,8-10,16H,11-13H2,(H2,29,33)/b20-6-/t16-,24-/m1/s1. The zero-order valence-electron chi connectivity index (χ0n) is 18.2. The van der Waals surface area contributed by atoms with Crippen molar-refractivity contribution in [3.8, 4) is 6.07 Å². The molecule has 0 aliphatic carbocycles. The molecule has 0 saturated carbocycles. The smallest absolute Gasteiger partial charge is 0.225 e. The second-order valence-electron chi connectivity index (χ2n) is 8.24. The van der Waals surface area contributed by atoms with Gasteiger partial charge in [0.15, 0.2) is 11.0 Å². The predicted octanol–water partition coefficient (Wildman–Crippen LogP) is 3.88. The molecule has 0 amide bonds. The normalized spacial score (nSPS) is 21.9. The van der Waals surface area contributed by atoms with E-state index >= 15 is 4.39 Å². The number of benzene rings is 1. The highest BCUT2D eigenvalue weighted by Gasteiger charge is 2.52. The third-order valence-electron chi connectivity index (χ3n) is 6.07. The second kappa shape index (κ2) is 9.03. The summed E-state index contributed by atoms with van der Waals surface area (Å²) >= 11 is 1.38. The molecule has 7 nitrogen and oxygen atoms in total. The van der Waals surface area contributed by atoms with Crippen LogP contribution in [-0.2, 0) is 5.54 Å². The van der Waals surface area contributed by atoms with E-state index in [2.05, 4.69) is 19.9 Å². The number of aromatic nitrogens is 3. The minimum Gasteiger partial charge on any atom is -0.379 e. The number of nitriles is 1. The zero-order valence-corrected chi connectivity index (χ0v) is 19.0. The molecule has 1 saturated heterocycles. The van der Waals surface area contributed by atoms with Crippen molar-refractivity contribution in [2.45, 2.75) is 5.54 Å². The van der Waals surface area contributed by atoms with Gasteiger partial charge in [-0.05, 0) is 35.9 Å². The summed E-state index contributed by atoms with van der Waals surface area (Å²) in [4.78, 5) is 18.6. The summed E-state index contributed by atoms with van der Waals surface area (Å²) in [7, 11) is 0. The minimum absolute atomic E-state index is 0.0581. The number of hydrogen-bond acceptors (Lipinski definition) is 8. The number of thioether (sulfide) groups is 1. The van der Waals surface area contributed by atoms with Gasteiger partial charge in [0, 0.05) is 30.0 Å². The monoisotopic (exact) mass is 493 g/mol. The van der Waals surface area contributed by atoms with Crippen molar-refractivity contribution < 1.29 is 13.2 Å². The van der Waals surface area contributed by atoms with Crippen molar-refractivity contribution >= 4 is 34.8 Å². The fourth-order valence-corrected chi connectivity index (χ4v) is 5.39. The van der Waals surface area contributed by atoms with Gasteiger partial charge in [-0.1, -0.05) is 17.8 Å². The first-order valence-electron chi connectivity index (χ1n) is 10.6. The van der Waals surface area contributed by atoms with E-state index in [4.69, 9.17) is 11.0 Å². The number of anilines is 1. The molecule has 11 heteroatoms. The summed E-state index contributed by atoms with van der Waals surface area (Å²) in [6, 6.07) is 9.11. The van der Waals surface area contributed by atoms with Gasteiger partial charge in [0.2, 0.25) is 5.95 Å². The molecule has 0 bridgehead atoms. The van der Waals surface area contributed by atoms with Crippen LogP contribution < -0.4 is 10.6 Å². The summed E-state index contributed by atoms with van der Waals surface area (Å²) in [5.74, 6) is -0.899. The molecule has 35 heavy (non-hydrogen) atoms. The lowest BCUT2D eigenvalue weighted by Crippen LogP contribution is -2.40. The van der Waals surface area contributed by atoms with E-state index < -0.39 is 23.0 Å². The first-order chi connectivity index (χ1) is 16.9. The molecule has 0 radical (unpaired) electrons. The van der Waals surface area contributed by atoms with Crippen LogP contribution in [-0.4, -0.2) is 39.0 Å². The van der Waals surface area contributed by atoms with Crippen LogP contribution in [0.1, 0.15) is 22.4 Å². The van der Waals surface area contributed by atoms with Crippen LogP contribution in [0.2, 0.25) is 0 Å². The lowest BCUT2D eigenvalue weighted by atomic mass is 9.81. The van der Waals surface area contributed by atoms with Crippen molar-refractivity contribution in [3.05, 3.63) is 82.9 Å². The van der Waals surface area contributed by atoms with Crippen LogP contribution >= 0.6 is 11.8 Å². The van der Waals surface area contributed by atoms with Crippen LogP contribution in [0.25, 0.3) is 11.9 Å². The predicted molar refractivity (Wildman–Crippen MR) is 128 cm³/mol. The summed E-state index contributed by atoms with van der Waals surface area (Å²) in [6.45, 7) is 0.701. The number of nitrogens with zero attached hydrogens (tertiary/aromatic N) is 6. The molecule has 4 heterocycles. The fraction of sp³-hybridized carbons (Fsp3) is 0.208. The maximum absolute atomic E-state index is 15.3. The second-order valence-corrected chi connectivity index (χ2v) is 9.28. The summed E-state index contributed by atoms with van der Waals surface area (Å²) < 4.78 is 43.5. The molecular weight excluding hydrogens is 475 g/mol. The maximum Gasteiger partial charge on any atom is 0.225 e. The number of amidine groups is 1. The van der Waals surface area contributed by atoms with E-state index in [0.717, 1.165) is 12.4 Å². The van der Waals surface area contributed by atoms with Crippen molar-refractivity contribution in [1.29, 1.82) is 5.26 Å². The Balaban J connectivity index is 1.54. The number of nitrogens with two attached hydrogens (primary N) is 1.